The van der Waals surface area contributed by atoms with Gasteiger partial charge in [-0.05, 0) is 18.2 Å². The lowest BCUT2D eigenvalue weighted by atomic mass is 10.2. The van der Waals surface area contributed by atoms with Gasteiger partial charge in [-0.25, -0.2) is 9.67 Å². The summed E-state index contributed by atoms with van der Waals surface area (Å²) in [5.41, 5.74) is 3.06. The van der Waals surface area contributed by atoms with Gasteiger partial charge < -0.3 is 10.1 Å². The van der Waals surface area contributed by atoms with Gasteiger partial charge in [0.1, 0.15) is 18.4 Å². The van der Waals surface area contributed by atoms with Crippen LogP contribution in [-0.4, -0.2) is 21.9 Å². The van der Waals surface area contributed by atoms with Crippen molar-refractivity contribution in [2.75, 3.05) is 12.4 Å². The Kier molecular flexibility index (Phi) is 3.82. The van der Waals surface area contributed by atoms with Gasteiger partial charge >= 0.3 is 0 Å². The number of hydrogen-bond donors (Lipinski definition) is 1. The van der Waals surface area contributed by atoms with E-state index in [0.29, 0.717) is 6.54 Å². The number of ether oxygens (including phenoxy) is 1. The average molecular weight is 280 g/mol. The van der Waals surface area contributed by atoms with Crippen LogP contribution in [0.25, 0.3) is 5.69 Å². The van der Waals surface area contributed by atoms with Crippen molar-refractivity contribution >= 4 is 5.69 Å². The Morgan fingerprint density at radius 2 is 1.90 bits per heavy atom. The van der Waals surface area contributed by atoms with E-state index < -0.39 is 0 Å². The highest BCUT2D eigenvalue weighted by Crippen LogP contribution is 2.22. The Morgan fingerprint density at radius 1 is 1.10 bits per heavy atom. The van der Waals surface area contributed by atoms with Crippen molar-refractivity contribution in [1.82, 2.24) is 14.8 Å². The molecule has 1 aromatic heterocycles. The molecule has 0 amide bonds. The maximum Gasteiger partial charge on any atom is 0.138 e. The molecule has 0 fully saturated rings. The molecule has 0 spiro atoms. The number of nitrogens with zero attached hydrogens (tertiary/aromatic N) is 3. The van der Waals surface area contributed by atoms with Crippen molar-refractivity contribution in [1.29, 1.82) is 0 Å². The third kappa shape index (κ3) is 2.86. The van der Waals surface area contributed by atoms with Gasteiger partial charge in [0.25, 0.3) is 0 Å². The second kappa shape index (κ2) is 6.09. The average Bonchev–Trinajstić information content (AvgIpc) is 3.08. The van der Waals surface area contributed by atoms with Crippen LogP contribution in [0.2, 0.25) is 0 Å². The highest BCUT2D eigenvalue weighted by molar-refractivity contribution is 5.60. The molecular weight excluding hydrogens is 264 g/mol. The zero-order valence-electron chi connectivity index (χ0n) is 11.7. The van der Waals surface area contributed by atoms with E-state index >= 15 is 0 Å². The van der Waals surface area contributed by atoms with Gasteiger partial charge in [-0.2, -0.15) is 5.10 Å². The largest absolute Gasteiger partial charge is 0.496 e. The number of aromatic nitrogens is 3. The molecule has 0 atom stereocenters. The van der Waals surface area contributed by atoms with Crippen molar-refractivity contribution < 1.29 is 4.74 Å². The number of rotatable bonds is 5. The molecular formula is C16H16N4O. The lowest BCUT2D eigenvalue weighted by molar-refractivity contribution is 0.410. The fraction of sp³-hybridized carbons (Fsp3) is 0.125. The Balaban J connectivity index is 1.83. The molecule has 0 saturated heterocycles. The molecule has 0 bridgehead atoms. The molecule has 0 aliphatic heterocycles. The summed E-state index contributed by atoms with van der Waals surface area (Å²) >= 11 is 0. The minimum atomic E-state index is 0.676. The number of nitrogens with one attached hydrogen (secondary N) is 1. The molecule has 0 aliphatic carbocycles. The van der Waals surface area contributed by atoms with Gasteiger partial charge in [-0.3, -0.25) is 0 Å². The lowest BCUT2D eigenvalue weighted by Crippen LogP contribution is -2.05. The summed E-state index contributed by atoms with van der Waals surface area (Å²) in [6.07, 6.45) is 3.21. The van der Waals surface area contributed by atoms with Crippen LogP contribution in [0.3, 0.4) is 0 Å². The molecule has 1 heterocycles. The van der Waals surface area contributed by atoms with Crippen molar-refractivity contribution in [3.63, 3.8) is 0 Å². The predicted octanol–water partition coefficient (Wildman–Crippen LogP) is 2.89. The first kappa shape index (κ1) is 13.2. The van der Waals surface area contributed by atoms with Gasteiger partial charge in [0.05, 0.1) is 18.5 Å². The zero-order chi connectivity index (χ0) is 14.5. The first-order valence-corrected chi connectivity index (χ1v) is 6.68. The first-order valence-electron chi connectivity index (χ1n) is 6.68. The molecule has 5 nitrogen and oxygen atoms in total. The third-order valence-corrected chi connectivity index (χ3v) is 3.23. The van der Waals surface area contributed by atoms with E-state index in [0.717, 1.165) is 22.7 Å². The third-order valence-electron chi connectivity index (χ3n) is 3.23. The zero-order valence-corrected chi connectivity index (χ0v) is 11.7. The number of methoxy groups -OCH3 is 1. The normalized spacial score (nSPS) is 10.3. The number of hydrogen-bond acceptors (Lipinski definition) is 4. The van der Waals surface area contributed by atoms with E-state index in [1.165, 1.54) is 6.33 Å². The van der Waals surface area contributed by atoms with Crippen LogP contribution in [-0.2, 0) is 6.54 Å². The van der Waals surface area contributed by atoms with Crippen LogP contribution < -0.4 is 10.1 Å². The van der Waals surface area contributed by atoms with E-state index in [4.69, 9.17) is 4.74 Å². The SMILES string of the molecule is COc1ccccc1CNc1ccccc1-n1cncn1. The molecule has 1 N–H and O–H groups in total. The number of anilines is 1. The van der Waals surface area contributed by atoms with E-state index in [2.05, 4.69) is 15.4 Å². The van der Waals surface area contributed by atoms with Crippen LogP contribution in [0.4, 0.5) is 5.69 Å². The summed E-state index contributed by atoms with van der Waals surface area (Å²) in [5, 5.41) is 7.60. The lowest BCUT2D eigenvalue weighted by Gasteiger charge is -2.13. The molecule has 3 aromatic rings. The molecule has 0 radical (unpaired) electrons. The molecule has 0 unspecified atom stereocenters. The number of para-hydroxylation sites is 3. The first-order chi connectivity index (χ1) is 10.4. The summed E-state index contributed by atoms with van der Waals surface area (Å²) < 4.78 is 7.11. The maximum atomic E-state index is 5.37. The number of benzene rings is 2. The Hall–Kier alpha value is -2.82. The van der Waals surface area contributed by atoms with Gasteiger partial charge in [-0.1, -0.05) is 30.3 Å². The summed E-state index contributed by atoms with van der Waals surface area (Å²) in [6, 6.07) is 16.0. The van der Waals surface area contributed by atoms with Gasteiger partial charge in [0.15, 0.2) is 0 Å². The molecule has 0 saturated carbocycles. The summed E-state index contributed by atoms with van der Waals surface area (Å²) in [4.78, 5) is 3.99. The minimum Gasteiger partial charge on any atom is -0.496 e. The molecule has 2 aromatic carbocycles. The molecule has 21 heavy (non-hydrogen) atoms. The van der Waals surface area contributed by atoms with Gasteiger partial charge in [-0.15, -0.1) is 0 Å². The second-order valence-electron chi connectivity index (χ2n) is 4.52. The van der Waals surface area contributed by atoms with Crippen LogP contribution >= 0.6 is 0 Å². The topological polar surface area (TPSA) is 52.0 Å². The fourth-order valence-corrected chi connectivity index (χ4v) is 2.19. The van der Waals surface area contributed by atoms with E-state index in [1.807, 2.05) is 48.5 Å². The monoisotopic (exact) mass is 280 g/mol. The Labute approximate surface area is 123 Å². The van der Waals surface area contributed by atoms with E-state index in [9.17, 15) is 0 Å². The minimum absolute atomic E-state index is 0.676. The Bertz CT molecular complexity index is 710. The summed E-state index contributed by atoms with van der Waals surface area (Å²) in [7, 11) is 1.68. The van der Waals surface area contributed by atoms with Gasteiger partial charge in [0, 0.05) is 12.1 Å². The highest BCUT2D eigenvalue weighted by atomic mass is 16.5. The van der Waals surface area contributed by atoms with Crippen molar-refractivity contribution in [2.24, 2.45) is 0 Å². The van der Waals surface area contributed by atoms with E-state index in [1.54, 1.807) is 18.1 Å². The standard InChI is InChI=1S/C16H16N4O/c1-21-16-9-5-2-6-13(16)10-18-14-7-3-4-8-15(14)20-12-17-11-19-20/h2-9,11-12,18H,10H2,1H3. The van der Waals surface area contributed by atoms with Crippen LogP contribution in [0.15, 0.2) is 61.2 Å². The highest BCUT2D eigenvalue weighted by Gasteiger charge is 2.06. The maximum absolute atomic E-state index is 5.37. The molecule has 3 rings (SSSR count). The second-order valence-corrected chi connectivity index (χ2v) is 4.52. The fourth-order valence-electron chi connectivity index (χ4n) is 2.19. The quantitative estimate of drug-likeness (QED) is 0.780. The summed E-state index contributed by atoms with van der Waals surface area (Å²) in [6.45, 7) is 0.676. The smallest absolute Gasteiger partial charge is 0.138 e. The van der Waals surface area contributed by atoms with Crippen molar-refractivity contribution in [3.8, 4) is 11.4 Å². The molecule has 106 valence electrons. The molecule has 5 heteroatoms. The van der Waals surface area contributed by atoms with Crippen molar-refractivity contribution in [2.45, 2.75) is 6.54 Å². The Morgan fingerprint density at radius 3 is 2.71 bits per heavy atom. The van der Waals surface area contributed by atoms with Crippen molar-refractivity contribution in [3.05, 3.63) is 66.7 Å². The molecule has 0 aliphatic rings. The van der Waals surface area contributed by atoms with E-state index in [-0.39, 0.29) is 0 Å². The van der Waals surface area contributed by atoms with Crippen LogP contribution in [0.5, 0.6) is 5.75 Å². The summed E-state index contributed by atoms with van der Waals surface area (Å²) in [5.74, 6) is 0.878. The van der Waals surface area contributed by atoms with Gasteiger partial charge in [0.2, 0.25) is 0 Å². The van der Waals surface area contributed by atoms with Crippen LogP contribution in [0, 0.1) is 0 Å². The van der Waals surface area contributed by atoms with Crippen LogP contribution in [0.1, 0.15) is 5.56 Å². The predicted molar refractivity (Wildman–Crippen MR) is 81.7 cm³/mol.